The van der Waals surface area contributed by atoms with Crippen LogP contribution in [-0.4, -0.2) is 25.0 Å². The number of nitrogens with two attached hydrogens (primary N) is 1. The second kappa shape index (κ2) is 6.07. The van der Waals surface area contributed by atoms with E-state index >= 15 is 0 Å². The molecule has 4 N–H and O–H groups in total. The van der Waals surface area contributed by atoms with Crippen molar-refractivity contribution in [2.24, 2.45) is 5.73 Å². The van der Waals surface area contributed by atoms with Gasteiger partial charge in [0.2, 0.25) is 5.91 Å². The second-order valence-corrected chi connectivity index (χ2v) is 4.99. The van der Waals surface area contributed by atoms with Crippen molar-refractivity contribution in [1.29, 1.82) is 0 Å². The lowest BCUT2D eigenvalue weighted by Gasteiger charge is -2.18. The maximum atomic E-state index is 11.2. The van der Waals surface area contributed by atoms with Crippen molar-refractivity contribution in [2.75, 3.05) is 18.4 Å². The van der Waals surface area contributed by atoms with Crippen LogP contribution in [0.5, 0.6) is 0 Å². The van der Waals surface area contributed by atoms with Crippen LogP contribution in [0.15, 0.2) is 18.2 Å². The topological polar surface area (TPSA) is 67.2 Å². The zero-order valence-corrected chi connectivity index (χ0v) is 11.0. The molecule has 1 unspecified atom stereocenters. The first-order chi connectivity index (χ1) is 8.66. The highest BCUT2D eigenvalue weighted by Gasteiger charge is 2.14. The normalized spacial score (nSPS) is 20.2. The number of carbonyl (C=O) groups is 1. The molecule has 0 bridgehead atoms. The molecule has 4 nitrogen and oxygen atoms in total. The molecule has 1 atom stereocenters. The molecule has 0 aromatic heterocycles. The third kappa shape index (κ3) is 3.37. The molecule has 1 heterocycles. The Balaban J connectivity index is 2.11. The van der Waals surface area contributed by atoms with E-state index in [1.54, 1.807) is 18.2 Å². The van der Waals surface area contributed by atoms with E-state index in [9.17, 15) is 4.79 Å². The molecule has 98 valence electrons. The highest BCUT2D eigenvalue weighted by molar-refractivity contribution is 6.33. The van der Waals surface area contributed by atoms with E-state index < -0.39 is 5.91 Å². The summed E-state index contributed by atoms with van der Waals surface area (Å²) in [7, 11) is 0. The molecule has 1 saturated heterocycles. The second-order valence-electron chi connectivity index (χ2n) is 4.58. The molecular weight excluding hydrogens is 250 g/mol. The molecule has 1 aliphatic rings. The van der Waals surface area contributed by atoms with Gasteiger partial charge in [-0.2, -0.15) is 0 Å². The third-order valence-electron chi connectivity index (χ3n) is 3.19. The minimum absolute atomic E-state index is 0.389. The molecule has 2 rings (SSSR count). The van der Waals surface area contributed by atoms with Crippen molar-refractivity contribution in [3.63, 3.8) is 0 Å². The maximum absolute atomic E-state index is 11.2. The van der Waals surface area contributed by atoms with Crippen molar-refractivity contribution in [3.8, 4) is 0 Å². The molecule has 1 aromatic rings. The fourth-order valence-corrected chi connectivity index (χ4v) is 2.34. The summed E-state index contributed by atoms with van der Waals surface area (Å²) in [5, 5.41) is 7.39. The van der Waals surface area contributed by atoms with Gasteiger partial charge in [-0.15, -0.1) is 0 Å². The van der Waals surface area contributed by atoms with Gasteiger partial charge in [0.05, 0.1) is 10.7 Å². The van der Waals surface area contributed by atoms with Crippen molar-refractivity contribution < 1.29 is 4.79 Å². The van der Waals surface area contributed by atoms with Crippen LogP contribution in [0.25, 0.3) is 0 Å². The van der Waals surface area contributed by atoms with Gasteiger partial charge in [0, 0.05) is 11.6 Å². The van der Waals surface area contributed by atoms with Crippen LogP contribution in [0.1, 0.15) is 29.6 Å². The minimum Gasteiger partial charge on any atom is -0.381 e. The van der Waals surface area contributed by atoms with Crippen LogP contribution in [0.4, 0.5) is 5.69 Å². The molecule has 1 amide bonds. The van der Waals surface area contributed by atoms with E-state index in [1.165, 1.54) is 0 Å². The van der Waals surface area contributed by atoms with Crippen LogP contribution in [0, 0.1) is 0 Å². The summed E-state index contributed by atoms with van der Waals surface area (Å²) in [6.45, 7) is 2.07. The fourth-order valence-electron chi connectivity index (χ4n) is 2.17. The van der Waals surface area contributed by atoms with Gasteiger partial charge in [0.15, 0.2) is 0 Å². The molecule has 0 spiro atoms. The van der Waals surface area contributed by atoms with E-state index in [4.69, 9.17) is 17.3 Å². The standard InChI is InChI=1S/C13H18ClN3O/c14-11-4-3-9(13(15)18)8-12(11)17-10-2-1-6-16-7-5-10/h3-4,8,10,16-17H,1-2,5-7H2,(H2,15,18). The Morgan fingerprint density at radius 2 is 2.22 bits per heavy atom. The number of halogens is 1. The number of nitrogens with one attached hydrogen (secondary N) is 2. The number of benzene rings is 1. The van der Waals surface area contributed by atoms with Gasteiger partial charge in [0.25, 0.3) is 0 Å². The van der Waals surface area contributed by atoms with Crippen LogP contribution in [-0.2, 0) is 0 Å². The lowest BCUT2D eigenvalue weighted by atomic mass is 10.1. The summed E-state index contributed by atoms with van der Waals surface area (Å²) in [4.78, 5) is 11.2. The fraction of sp³-hybridized carbons (Fsp3) is 0.462. The average Bonchev–Trinajstić information content (AvgIpc) is 2.60. The van der Waals surface area contributed by atoms with Gasteiger partial charge in [-0.05, 0) is 50.6 Å². The summed E-state index contributed by atoms with van der Waals surface area (Å²) >= 11 is 6.13. The molecule has 1 aliphatic heterocycles. The van der Waals surface area contributed by atoms with Crippen LogP contribution in [0.2, 0.25) is 5.02 Å². The lowest BCUT2D eigenvalue weighted by molar-refractivity contribution is 0.100. The van der Waals surface area contributed by atoms with Crippen molar-refractivity contribution in [2.45, 2.75) is 25.3 Å². The van der Waals surface area contributed by atoms with Gasteiger partial charge in [0.1, 0.15) is 0 Å². The molecule has 1 aromatic carbocycles. The number of primary amides is 1. The molecule has 18 heavy (non-hydrogen) atoms. The number of rotatable bonds is 3. The quantitative estimate of drug-likeness (QED) is 0.785. The molecule has 0 radical (unpaired) electrons. The predicted molar refractivity (Wildman–Crippen MR) is 74.1 cm³/mol. The van der Waals surface area contributed by atoms with Gasteiger partial charge in [-0.25, -0.2) is 0 Å². The summed E-state index contributed by atoms with van der Waals surface area (Å²) in [6, 6.07) is 5.47. The Hall–Kier alpha value is -1.26. The summed E-state index contributed by atoms with van der Waals surface area (Å²) in [6.07, 6.45) is 3.30. The van der Waals surface area contributed by atoms with Crippen LogP contribution < -0.4 is 16.4 Å². The van der Waals surface area contributed by atoms with Gasteiger partial charge in [-0.1, -0.05) is 11.6 Å². The van der Waals surface area contributed by atoms with Crippen molar-refractivity contribution >= 4 is 23.2 Å². The maximum Gasteiger partial charge on any atom is 0.248 e. The Morgan fingerprint density at radius 1 is 1.39 bits per heavy atom. The van der Waals surface area contributed by atoms with Gasteiger partial charge >= 0.3 is 0 Å². The summed E-state index contributed by atoms with van der Waals surface area (Å²) in [5.74, 6) is -0.433. The number of anilines is 1. The van der Waals surface area contributed by atoms with Gasteiger partial charge < -0.3 is 16.4 Å². The largest absolute Gasteiger partial charge is 0.381 e. The first kappa shape index (κ1) is 13.2. The lowest BCUT2D eigenvalue weighted by Crippen LogP contribution is -2.22. The molecule has 5 heteroatoms. The monoisotopic (exact) mass is 267 g/mol. The van der Waals surface area contributed by atoms with E-state index in [-0.39, 0.29) is 0 Å². The number of hydrogen-bond acceptors (Lipinski definition) is 3. The molecule has 0 aliphatic carbocycles. The van der Waals surface area contributed by atoms with Gasteiger partial charge in [-0.3, -0.25) is 4.79 Å². The Morgan fingerprint density at radius 3 is 3.00 bits per heavy atom. The summed E-state index contributed by atoms with van der Waals surface area (Å²) in [5.41, 5.74) is 6.54. The molecular formula is C13H18ClN3O. The first-order valence-electron chi connectivity index (χ1n) is 6.23. The zero-order valence-electron chi connectivity index (χ0n) is 10.2. The number of hydrogen-bond donors (Lipinski definition) is 3. The van der Waals surface area contributed by atoms with E-state index in [0.717, 1.165) is 38.0 Å². The Bertz CT molecular complexity index is 428. The van der Waals surface area contributed by atoms with E-state index in [0.29, 0.717) is 16.6 Å². The van der Waals surface area contributed by atoms with Crippen molar-refractivity contribution in [3.05, 3.63) is 28.8 Å². The first-order valence-corrected chi connectivity index (χ1v) is 6.61. The van der Waals surface area contributed by atoms with Crippen LogP contribution in [0.3, 0.4) is 0 Å². The Labute approximate surface area is 112 Å². The van der Waals surface area contributed by atoms with Crippen LogP contribution >= 0.6 is 11.6 Å². The number of amides is 1. The number of carbonyl (C=O) groups excluding carboxylic acids is 1. The Kier molecular flexibility index (Phi) is 4.44. The SMILES string of the molecule is NC(=O)c1ccc(Cl)c(NC2CCCNCC2)c1. The highest BCUT2D eigenvalue weighted by atomic mass is 35.5. The average molecular weight is 268 g/mol. The minimum atomic E-state index is -0.433. The third-order valence-corrected chi connectivity index (χ3v) is 3.52. The zero-order chi connectivity index (χ0) is 13.0. The predicted octanol–water partition coefficient (Wildman–Crippen LogP) is 1.99. The molecule has 1 fully saturated rings. The van der Waals surface area contributed by atoms with E-state index in [1.807, 2.05) is 0 Å². The van der Waals surface area contributed by atoms with E-state index in [2.05, 4.69) is 10.6 Å². The summed E-state index contributed by atoms with van der Waals surface area (Å²) < 4.78 is 0. The highest BCUT2D eigenvalue weighted by Crippen LogP contribution is 2.25. The molecule has 0 saturated carbocycles. The smallest absolute Gasteiger partial charge is 0.248 e. The van der Waals surface area contributed by atoms with Crippen molar-refractivity contribution in [1.82, 2.24) is 5.32 Å².